The van der Waals surface area contributed by atoms with Crippen molar-refractivity contribution in [2.24, 2.45) is 0 Å². The van der Waals surface area contributed by atoms with Crippen molar-refractivity contribution in [3.63, 3.8) is 0 Å². The molecule has 1 aliphatic heterocycles. The number of carbonyl (C=O) groups excluding carboxylic acids is 1. The van der Waals surface area contributed by atoms with Crippen LogP contribution in [-0.2, 0) is 4.79 Å². The molecule has 0 saturated heterocycles. The molecule has 21 heavy (non-hydrogen) atoms. The molecule has 0 aromatic heterocycles. The summed E-state index contributed by atoms with van der Waals surface area (Å²) in [5, 5.41) is 0. The molecule has 0 radical (unpaired) electrons. The standard InChI is InChI=1S/C16H10F3NO/c17-16(18,19)15(21)20-13-7-3-1-5-11(13)9-10-12-6-2-4-8-14(12)20/h1-10H. The van der Waals surface area contributed by atoms with Crippen LogP contribution in [0.3, 0.4) is 0 Å². The third-order valence-electron chi connectivity index (χ3n) is 3.24. The Morgan fingerprint density at radius 2 is 1.24 bits per heavy atom. The topological polar surface area (TPSA) is 20.3 Å². The highest BCUT2D eigenvalue weighted by Gasteiger charge is 2.44. The second-order valence-corrected chi connectivity index (χ2v) is 4.59. The Hall–Kier alpha value is -2.56. The summed E-state index contributed by atoms with van der Waals surface area (Å²) < 4.78 is 38.8. The summed E-state index contributed by atoms with van der Waals surface area (Å²) in [6.07, 6.45) is -1.53. The van der Waals surface area contributed by atoms with Crippen molar-refractivity contribution >= 4 is 29.4 Å². The van der Waals surface area contributed by atoms with Crippen molar-refractivity contribution in [1.82, 2.24) is 0 Å². The smallest absolute Gasteiger partial charge is 0.272 e. The third-order valence-corrected chi connectivity index (χ3v) is 3.24. The number of nitrogens with zero attached hydrogens (tertiary/aromatic N) is 1. The number of anilines is 2. The summed E-state index contributed by atoms with van der Waals surface area (Å²) in [5.41, 5.74) is 1.57. The molecule has 0 atom stereocenters. The maximum absolute atomic E-state index is 12.9. The van der Waals surface area contributed by atoms with Crippen LogP contribution in [0.4, 0.5) is 24.5 Å². The van der Waals surface area contributed by atoms with E-state index < -0.39 is 12.1 Å². The van der Waals surface area contributed by atoms with Gasteiger partial charge in [0, 0.05) is 0 Å². The fourth-order valence-electron chi connectivity index (χ4n) is 2.32. The van der Waals surface area contributed by atoms with E-state index in [9.17, 15) is 18.0 Å². The number of halogens is 3. The van der Waals surface area contributed by atoms with E-state index in [1.165, 1.54) is 12.1 Å². The minimum absolute atomic E-state index is 0.223. The molecule has 1 heterocycles. The first-order valence-electron chi connectivity index (χ1n) is 6.26. The molecule has 2 aromatic carbocycles. The van der Waals surface area contributed by atoms with Gasteiger partial charge in [-0.05, 0) is 23.3 Å². The summed E-state index contributed by atoms with van der Waals surface area (Å²) in [6.45, 7) is 0. The lowest BCUT2D eigenvalue weighted by Gasteiger charge is -2.25. The second kappa shape index (κ2) is 4.77. The Balaban J connectivity index is 2.27. The van der Waals surface area contributed by atoms with Crippen LogP contribution in [-0.4, -0.2) is 12.1 Å². The van der Waals surface area contributed by atoms with Gasteiger partial charge in [-0.3, -0.25) is 9.69 Å². The van der Waals surface area contributed by atoms with Gasteiger partial charge in [0.05, 0.1) is 11.4 Å². The molecule has 0 unspecified atom stereocenters. The molecule has 0 N–H and O–H groups in total. The molecule has 1 aliphatic rings. The molecular formula is C16H10F3NO. The van der Waals surface area contributed by atoms with Crippen LogP contribution in [0.25, 0.3) is 12.2 Å². The van der Waals surface area contributed by atoms with Gasteiger partial charge in [-0.25, -0.2) is 0 Å². The SMILES string of the molecule is O=C(N1c2ccccc2C=Cc2ccccc21)C(F)(F)F. The number of alkyl halides is 3. The normalized spacial score (nSPS) is 13.4. The molecule has 0 aliphatic carbocycles. The van der Waals surface area contributed by atoms with E-state index in [1.807, 2.05) is 0 Å². The van der Waals surface area contributed by atoms with Crippen LogP contribution in [0, 0.1) is 0 Å². The maximum Gasteiger partial charge on any atom is 0.472 e. The number of amides is 1. The Morgan fingerprint density at radius 1 is 0.810 bits per heavy atom. The Kier molecular flexibility index (Phi) is 3.05. The van der Waals surface area contributed by atoms with Crippen LogP contribution >= 0.6 is 0 Å². The van der Waals surface area contributed by atoms with E-state index in [2.05, 4.69) is 0 Å². The van der Waals surface area contributed by atoms with Crippen molar-refractivity contribution in [3.05, 3.63) is 59.7 Å². The number of carbonyl (C=O) groups is 1. The molecule has 0 spiro atoms. The van der Waals surface area contributed by atoms with Crippen LogP contribution in [0.2, 0.25) is 0 Å². The Bertz CT molecular complexity index is 685. The zero-order valence-corrected chi connectivity index (χ0v) is 10.8. The highest BCUT2D eigenvalue weighted by atomic mass is 19.4. The fourth-order valence-corrected chi connectivity index (χ4v) is 2.32. The van der Waals surface area contributed by atoms with Crippen molar-refractivity contribution in [1.29, 1.82) is 0 Å². The maximum atomic E-state index is 12.9. The van der Waals surface area contributed by atoms with E-state index in [-0.39, 0.29) is 11.4 Å². The Labute approximate surface area is 119 Å². The highest BCUT2D eigenvalue weighted by molar-refractivity contribution is 6.08. The minimum atomic E-state index is -4.94. The first-order chi connectivity index (χ1) is 9.98. The monoisotopic (exact) mass is 289 g/mol. The summed E-state index contributed by atoms with van der Waals surface area (Å²) >= 11 is 0. The number of para-hydroxylation sites is 2. The third kappa shape index (κ3) is 2.31. The number of benzene rings is 2. The summed E-state index contributed by atoms with van der Waals surface area (Å²) in [7, 11) is 0. The van der Waals surface area contributed by atoms with E-state index in [0.717, 1.165) is 4.90 Å². The Morgan fingerprint density at radius 3 is 1.67 bits per heavy atom. The van der Waals surface area contributed by atoms with Gasteiger partial charge in [0.1, 0.15) is 0 Å². The van der Waals surface area contributed by atoms with Crippen LogP contribution in [0.15, 0.2) is 48.5 Å². The van der Waals surface area contributed by atoms with Gasteiger partial charge >= 0.3 is 12.1 Å². The van der Waals surface area contributed by atoms with E-state index in [1.54, 1.807) is 48.6 Å². The highest BCUT2D eigenvalue weighted by Crippen LogP contribution is 2.38. The van der Waals surface area contributed by atoms with Crippen LogP contribution in [0.5, 0.6) is 0 Å². The van der Waals surface area contributed by atoms with E-state index in [0.29, 0.717) is 11.1 Å². The number of fused-ring (bicyclic) bond motifs is 2. The average molecular weight is 289 g/mol. The molecule has 0 fully saturated rings. The molecular weight excluding hydrogens is 279 g/mol. The van der Waals surface area contributed by atoms with Gasteiger partial charge in [0.15, 0.2) is 0 Å². The van der Waals surface area contributed by atoms with Gasteiger partial charge in [0.2, 0.25) is 0 Å². The van der Waals surface area contributed by atoms with E-state index in [4.69, 9.17) is 0 Å². The summed E-state index contributed by atoms with van der Waals surface area (Å²) in [6, 6.07) is 13.0. The molecule has 1 amide bonds. The lowest BCUT2D eigenvalue weighted by molar-refractivity contribution is -0.169. The second-order valence-electron chi connectivity index (χ2n) is 4.59. The van der Waals surface area contributed by atoms with Gasteiger partial charge in [-0.1, -0.05) is 48.6 Å². The molecule has 2 aromatic rings. The fraction of sp³-hybridized carbons (Fsp3) is 0.0625. The van der Waals surface area contributed by atoms with Gasteiger partial charge in [-0.2, -0.15) is 13.2 Å². The lowest BCUT2D eigenvalue weighted by Crippen LogP contribution is -2.38. The zero-order valence-electron chi connectivity index (χ0n) is 10.8. The van der Waals surface area contributed by atoms with Crippen LogP contribution < -0.4 is 4.90 Å². The molecule has 5 heteroatoms. The quantitative estimate of drug-likeness (QED) is 0.704. The van der Waals surface area contributed by atoms with Crippen molar-refractivity contribution < 1.29 is 18.0 Å². The first-order valence-corrected chi connectivity index (χ1v) is 6.26. The summed E-state index contributed by atoms with van der Waals surface area (Å²) in [4.78, 5) is 12.6. The largest absolute Gasteiger partial charge is 0.472 e. The number of rotatable bonds is 0. The van der Waals surface area contributed by atoms with Crippen LogP contribution in [0.1, 0.15) is 11.1 Å². The predicted octanol–water partition coefficient (Wildman–Crippen LogP) is 4.40. The van der Waals surface area contributed by atoms with Gasteiger partial charge < -0.3 is 0 Å². The van der Waals surface area contributed by atoms with Crippen molar-refractivity contribution in [3.8, 4) is 0 Å². The predicted molar refractivity (Wildman–Crippen MR) is 75.0 cm³/mol. The van der Waals surface area contributed by atoms with Gasteiger partial charge in [0.25, 0.3) is 0 Å². The molecule has 106 valence electrons. The van der Waals surface area contributed by atoms with Crippen molar-refractivity contribution in [2.75, 3.05) is 4.90 Å². The van der Waals surface area contributed by atoms with Gasteiger partial charge in [-0.15, -0.1) is 0 Å². The van der Waals surface area contributed by atoms with Crippen molar-refractivity contribution in [2.45, 2.75) is 6.18 Å². The van der Waals surface area contributed by atoms with E-state index >= 15 is 0 Å². The summed E-state index contributed by atoms with van der Waals surface area (Å²) in [5.74, 6) is -1.90. The molecule has 3 rings (SSSR count). The molecule has 2 nitrogen and oxygen atoms in total. The average Bonchev–Trinajstić information content (AvgIpc) is 2.62. The first kappa shape index (κ1) is 13.4. The molecule has 0 bridgehead atoms. The number of hydrogen-bond donors (Lipinski definition) is 0. The zero-order chi connectivity index (χ0) is 15.0. The number of hydrogen-bond acceptors (Lipinski definition) is 1. The lowest BCUT2D eigenvalue weighted by atomic mass is 10.1. The minimum Gasteiger partial charge on any atom is -0.272 e. The molecule has 0 saturated carbocycles.